The Labute approximate surface area is 81.0 Å². The second-order valence-electron chi connectivity index (χ2n) is 2.23. The van der Waals surface area contributed by atoms with Crippen LogP contribution in [-0.4, -0.2) is 19.8 Å². The van der Waals surface area contributed by atoms with E-state index in [1.54, 1.807) is 32.4 Å². The maximum absolute atomic E-state index is 10.3. The van der Waals surface area contributed by atoms with Crippen LogP contribution in [0.25, 0.3) is 0 Å². The summed E-state index contributed by atoms with van der Waals surface area (Å²) in [5.41, 5.74) is 0.761. The molecule has 0 spiro atoms. The van der Waals surface area contributed by atoms with Crippen molar-refractivity contribution in [2.75, 3.05) is 14.2 Å². The van der Waals surface area contributed by atoms with E-state index in [2.05, 4.69) is 0 Å². The van der Waals surface area contributed by atoms with Gasteiger partial charge in [-0.3, -0.25) is 4.79 Å². The minimum Gasteiger partial charge on any atom is -0.497 e. The van der Waals surface area contributed by atoms with E-state index in [1.165, 1.54) is 0 Å². The fourth-order valence-corrected chi connectivity index (χ4v) is 1.48. The zero-order valence-corrected chi connectivity index (χ0v) is 8.26. The van der Waals surface area contributed by atoms with Crippen molar-refractivity contribution in [3.05, 3.63) is 18.2 Å². The molecule has 1 aromatic carbocycles. The molecule has 0 bridgehead atoms. The molecule has 1 rings (SSSR count). The van der Waals surface area contributed by atoms with E-state index in [-0.39, 0.29) is 0 Å². The van der Waals surface area contributed by atoms with Crippen LogP contribution in [0.3, 0.4) is 0 Å². The van der Waals surface area contributed by atoms with Gasteiger partial charge in [0.05, 0.1) is 19.1 Å². The lowest BCUT2D eigenvalue weighted by molar-refractivity contribution is 0.394. The van der Waals surface area contributed by atoms with Crippen LogP contribution in [0.4, 0.5) is 0 Å². The van der Waals surface area contributed by atoms with Gasteiger partial charge < -0.3 is 9.47 Å². The van der Waals surface area contributed by atoms with Crippen molar-refractivity contribution >= 4 is 17.4 Å². The number of ether oxygens (including phenoxy) is 2. The van der Waals surface area contributed by atoms with Crippen LogP contribution in [0.15, 0.2) is 23.1 Å². The third-order valence-electron chi connectivity index (χ3n) is 1.55. The number of carbonyl (C=O) groups excluding carboxylic acids is 1. The van der Waals surface area contributed by atoms with E-state index >= 15 is 0 Å². The molecular formula is C9H10O3S. The topological polar surface area (TPSA) is 35.5 Å². The quantitative estimate of drug-likeness (QED) is 0.547. The smallest absolute Gasteiger partial charge is 0.181 e. The number of carbonyl (C=O) groups is 1. The third-order valence-corrected chi connectivity index (χ3v) is 2.22. The number of rotatable bonds is 4. The number of methoxy groups -OCH3 is 2. The first-order valence-corrected chi connectivity index (χ1v) is 4.52. The van der Waals surface area contributed by atoms with Crippen molar-refractivity contribution < 1.29 is 14.3 Å². The summed E-state index contributed by atoms with van der Waals surface area (Å²) < 4.78 is 10.1. The molecule has 4 heteroatoms. The predicted molar refractivity (Wildman–Crippen MR) is 52.2 cm³/mol. The van der Waals surface area contributed by atoms with Crippen molar-refractivity contribution in [3.8, 4) is 11.5 Å². The van der Waals surface area contributed by atoms with Crippen molar-refractivity contribution in [1.82, 2.24) is 0 Å². The highest BCUT2D eigenvalue weighted by atomic mass is 32.2. The molecule has 0 aromatic heterocycles. The normalized spacial score (nSPS) is 9.38. The zero-order valence-electron chi connectivity index (χ0n) is 7.44. The molecule has 0 saturated carbocycles. The molecule has 0 aliphatic rings. The molecule has 0 heterocycles. The van der Waals surface area contributed by atoms with Gasteiger partial charge >= 0.3 is 0 Å². The van der Waals surface area contributed by atoms with Gasteiger partial charge in [-0.15, -0.1) is 0 Å². The number of benzene rings is 1. The number of hydrogen-bond acceptors (Lipinski definition) is 4. The summed E-state index contributed by atoms with van der Waals surface area (Å²) in [7, 11) is 3.15. The van der Waals surface area contributed by atoms with Crippen LogP contribution in [0.5, 0.6) is 11.5 Å². The molecule has 0 saturated heterocycles. The predicted octanol–water partition coefficient (Wildman–Crippen LogP) is 1.99. The second kappa shape index (κ2) is 4.77. The largest absolute Gasteiger partial charge is 0.497 e. The van der Waals surface area contributed by atoms with Crippen molar-refractivity contribution in [1.29, 1.82) is 0 Å². The maximum atomic E-state index is 10.3. The SMILES string of the molecule is COc1ccc(OC)c(SC=O)c1. The Kier molecular flexibility index (Phi) is 3.64. The lowest BCUT2D eigenvalue weighted by atomic mass is 10.3. The number of hydrogen-bond donors (Lipinski definition) is 0. The minimum atomic E-state index is 0.679. The lowest BCUT2D eigenvalue weighted by Crippen LogP contribution is -1.88. The Morgan fingerprint density at radius 3 is 2.62 bits per heavy atom. The molecule has 13 heavy (non-hydrogen) atoms. The first kappa shape index (κ1) is 9.92. The van der Waals surface area contributed by atoms with Crippen molar-refractivity contribution in [2.24, 2.45) is 0 Å². The molecule has 0 unspecified atom stereocenters. The van der Waals surface area contributed by atoms with E-state index in [0.29, 0.717) is 11.5 Å². The minimum absolute atomic E-state index is 0.679. The molecule has 0 aliphatic heterocycles. The standard InChI is InChI=1S/C9H10O3S/c1-11-7-3-4-8(12-2)9(5-7)13-6-10/h3-6H,1-2H3. The van der Waals surface area contributed by atoms with Gasteiger partial charge in [-0.1, -0.05) is 11.8 Å². The monoisotopic (exact) mass is 198 g/mol. The van der Waals surface area contributed by atoms with E-state index < -0.39 is 0 Å². The molecule has 0 N–H and O–H groups in total. The highest BCUT2D eigenvalue weighted by Crippen LogP contribution is 2.31. The molecule has 70 valence electrons. The Morgan fingerprint density at radius 2 is 2.08 bits per heavy atom. The zero-order chi connectivity index (χ0) is 9.68. The van der Waals surface area contributed by atoms with Crippen molar-refractivity contribution in [2.45, 2.75) is 4.90 Å². The van der Waals surface area contributed by atoms with E-state index in [4.69, 9.17) is 9.47 Å². The van der Waals surface area contributed by atoms with Crippen LogP contribution in [0, 0.1) is 0 Å². The van der Waals surface area contributed by atoms with Crippen LogP contribution >= 0.6 is 11.8 Å². The van der Waals surface area contributed by atoms with Crippen LogP contribution in [0.2, 0.25) is 0 Å². The van der Waals surface area contributed by atoms with Crippen LogP contribution < -0.4 is 9.47 Å². The Balaban J connectivity index is 3.01. The fourth-order valence-electron chi connectivity index (χ4n) is 0.928. The average molecular weight is 198 g/mol. The van der Waals surface area contributed by atoms with Gasteiger partial charge in [-0.2, -0.15) is 0 Å². The van der Waals surface area contributed by atoms with Crippen LogP contribution in [0.1, 0.15) is 0 Å². The lowest BCUT2D eigenvalue weighted by Gasteiger charge is -2.06. The molecule has 0 fully saturated rings. The maximum Gasteiger partial charge on any atom is 0.181 e. The molecular weight excluding hydrogens is 188 g/mol. The highest BCUT2D eigenvalue weighted by molar-refractivity contribution is 8.12. The first-order valence-electron chi connectivity index (χ1n) is 3.64. The van der Waals surface area contributed by atoms with E-state index in [1.807, 2.05) is 0 Å². The fraction of sp³-hybridized carbons (Fsp3) is 0.222. The second-order valence-corrected chi connectivity index (χ2v) is 3.10. The first-order chi connectivity index (χ1) is 6.31. The summed E-state index contributed by atoms with van der Waals surface area (Å²) in [4.78, 5) is 11.1. The summed E-state index contributed by atoms with van der Waals surface area (Å²) >= 11 is 1.07. The van der Waals surface area contributed by atoms with E-state index in [9.17, 15) is 4.79 Å². The molecule has 0 aliphatic carbocycles. The summed E-state index contributed by atoms with van der Waals surface area (Å²) in [5.74, 6) is 1.39. The molecule has 0 atom stereocenters. The van der Waals surface area contributed by atoms with Gasteiger partial charge in [0.1, 0.15) is 11.5 Å². The van der Waals surface area contributed by atoms with Gasteiger partial charge in [0, 0.05) is 0 Å². The average Bonchev–Trinajstić information content (AvgIpc) is 2.18. The Hall–Kier alpha value is -1.16. The summed E-state index contributed by atoms with van der Waals surface area (Å²) in [6.07, 6.45) is 0. The molecule has 3 nitrogen and oxygen atoms in total. The Bertz CT molecular complexity index is 299. The van der Waals surface area contributed by atoms with E-state index in [0.717, 1.165) is 22.3 Å². The molecule has 0 amide bonds. The third kappa shape index (κ3) is 2.39. The number of thioether (sulfide) groups is 1. The van der Waals surface area contributed by atoms with Crippen LogP contribution in [-0.2, 0) is 4.79 Å². The molecule has 1 aromatic rings. The summed E-state index contributed by atoms with van der Waals surface area (Å²) in [6, 6.07) is 5.32. The van der Waals surface area contributed by atoms with Gasteiger partial charge in [0.15, 0.2) is 5.62 Å². The van der Waals surface area contributed by atoms with Gasteiger partial charge in [0.25, 0.3) is 0 Å². The highest BCUT2D eigenvalue weighted by Gasteiger charge is 2.04. The summed E-state index contributed by atoms with van der Waals surface area (Å²) in [6.45, 7) is 0. The van der Waals surface area contributed by atoms with Gasteiger partial charge in [-0.25, -0.2) is 0 Å². The Morgan fingerprint density at radius 1 is 1.31 bits per heavy atom. The van der Waals surface area contributed by atoms with Gasteiger partial charge in [-0.05, 0) is 18.2 Å². The molecule has 0 radical (unpaired) electrons. The van der Waals surface area contributed by atoms with Crippen molar-refractivity contribution in [3.63, 3.8) is 0 Å². The van der Waals surface area contributed by atoms with Gasteiger partial charge in [0.2, 0.25) is 0 Å². The summed E-state index contributed by atoms with van der Waals surface area (Å²) in [5, 5.41) is 0.